The van der Waals surface area contributed by atoms with E-state index in [-0.39, 0.29) is 12.5 Å². The molecule has 1 atom stereocenters. The molecule has 1 aliphatic carbocycles. The number of aliphatic hydroxyl groups excluding tert-OH is 1. The average Bonchev–Trinajstić information content (AvgIpc) is 3.02. The first-order valence-electron chi connectivity index (χ1n) is 5.32. The highest BCUT2D eigenvalue weighted by atomic mass is 79.9. The largest absolute Gasteiger partial charge is 0.394 e. The van der Waals surface area contributed by atoms with Crippen molar-refractivity contribution in [1.29, 1.82) is 0 Å². The summed E-state index contributed by atoms with van der Waals surface area (Å²) >= 11 is 3.28. The van der Waals surface area contributed by atoms with E-state index in [4.69, 9.17) is 0 Å². The van der Waals surface area contributed by atoms with E-state index in [9.17, 15) is 9.90 Å². The molecule has 1 aromatic rings. The third kappa shape index (κ3) is 2.30. The highest BCUT2D eigenvalue weighted by molar-refractivity contribution is 9.10. The van der Waals surface area contributed by atoms with Gasteiger partial charge in [-0.05, 0) is 47.7 Å². The standard InChI is InChI=1S/C11H15BrN2O2/c1-11(6-15,7-2-3-7)14-10(16)9-4-8(12)5-13-9/h4-5,7,13,15H,2-3,6H2,1H3,(H,14,16). The Labute approximate surface area is 103 Å². The summed E-state index contributed by atoms with van der Waals surface area (Å²) in [6, 6.07) is 1.72. The van der Waals surface area contributed by atoms with Crippen molar-refractivity contribution in [3.05, 3.63) is 22.4 Å². The van der Waals surface area contributed by atoms with E-state index >= 15 is 0 Å². The summed E-state index contributed by atoms with van der Waals surface area (Å²) < 4.78 is 0.842. The van der Waals surface area contributed by atoms with Crippen molar-refractivity contribution in [2.24, 2.45) is 5.92 Å². The maximum Gasteiger partial charge on any atom is 0.268 e. The average molecular weight is 287 g/mol. The number of amides is 1. The quantitative estimate of drug-likeness (QED) is 0.788. The molecule has 3 N–H and O–H groups in total. The molecule has 1 amide bonds. The van der Waals surface area contributed by atoms with Crippen LogP contribution in [0.4, 0.5) is 0 Å². The molecule has 88 valence electrons. The lowest BCUT2D eigenvalue weighted by Gasteiger charge is -2.28. The molecule has 1 unspecified atom stereocenters. The number of aromatic nitrogens is 1. The zero-order chi connectivity index (χ0) is 11.8. The maximum atomic E-state index is 11.9. The normalized spacial score (nSPS) is 19.2. The number of hydrogen-bond donors (Lipinski definition) is 3. The van der Waals surface area contributed by atoms with Crippen LogP contribution in [0.3, 0.4) is 0 Å². The van der Waals surface area contributed by atoms with Gasteiger partial charge in [0.25, 0.3) is 5.91 Å². The minimum Gasteiger partial charge on any atom is -0.394 e. The Morgan fingerprint density at radius 3 is 2.88 bits per heavy atom. The molecule has 0 aromatic carbocycles. The topological polar surface area (TPSA) is 65.1 Å². The third-order valence-electron chi connectivity index (χ3n) is 3.10. The molecule has 0 saturated heterocycles. The maximum absolute atomic E-state index is 11.9. The second-order valence-corrected chi connectivity index (χ2v) is 5.45. The number of nitrogens with one attached hydrogen (secondary N) is 2. The Hall–Kier alpha value is -0.810. The van der Waals surface area contributed by atoms with E-state index < -0.39 is 5.54 Å². The van der Waals surface area contributed by atoms with Crippen molar-refractivity contribution >= 4 is 21.8 Å². The molecule has 0 aliphatic heterocycles. The minimum absolute atomic E-state index is 0.0225. The Kier molecular flexibility index (Phi) is 3.08. The van der Waals surface area contributed by atoms with Crippen molar-refractivity contribution in [3.63, 3.8) is 0 Å². The summed E-state index contributed by atoms with van der Waals surface area (Å²) in [5, 5.41) is 12.3. The number of rotatable bonds is 4. The first kappa shape index (κ1) is 11.7. The van der Waals surface area contributed by atoms with Crippen LogP contribution in [0.5, 0.6) is 0 Å². The number of carbonyl (C=O) groups excluding carboxylic acids is 1. The summed E-state index contributed by atoms with van der Waals surface area (Å²) in [7, 11) is 0. The van der Waals surface area contributed by atoms with Gasteiger partial charge in [0.1, 0.15) is 5.69 Å². The Morgan fingerprint density at radius 1 is 1.75 bits per heavy atom. The fraction of sp³-hybridized carbons (Fsp3) is 0.545. The van der Waals surface area contributed by atoms with Crippen molar-refractivity contribution in [2.75, 3.05) is 6.61 Å². The molecule has 16 heavy (non-hydrogen) atoms. The van der Waals surface area contributed by atoms with Crippen LogP contribution in [-0.2, 0) is 0 Å². The number of halogens is 1. The fourth-order valence-electron chi connectivity index (χ4n) is 1.82. The molecule has 1 fully saturated rings. The van der Waals surface area contributed by atoms with Crippen LogP contribution in [-0.4, -0.2) is 28.1 Å². The lowest BCUT2D eigenvalue weighted by Crippen LogP contribution is -2.50. The molecule has 5 heteroatoms. The SMILES string of the molecule is CC(CO)(NC(=O)c1cc(Br)c[nH]1)C1CC1. The summed E-state index contributed by atoms with van der Waals surface area (Å²) in [6.45, 7) is 1.87. The molecule has 1 aliphatic rings. The fourth-order valence-corrected chi connectivity index (χ4v) is 2.16. The first-order chi connectivity index (χ1) is 7.55. The predicted octanol–water partition coefficient (Wildman–Crippen LogP) is 1.67. The number of hydrogen-bond acceptors (Lipinski definition) is 2. The third-order valence-corrected chi connectivity index (χ3v) is 3.56. The highest BCUT2D eigenvalue weighted by Crippen LogP contribution is 2.39. The van der Waals surface area contributed by atoms with E-state index in [2.05, 4.69) is 26.2 Å². The van der Waals surface area contributed by atoms with Crippen LogP contribution in [0.25, 0.3) is 0 Å². The minimum atomic E-state index is -0.491. The number of aliphatic hydroxyl groups is 1. The zero-order valence-electron chi connectivity index (χ0n) is 9.09. The van der Waals surface area contributed by atoms with E-state index in [0.717, 1.165) is 17.3 Å². The van der Waals surface area contributed by atoms with Crippen LogP contribution >= 0.6 is 15.9 Å². The van der Waals surface area contributed by atoms with Crippen molar-refractivity contribution in [1.82, 2.24) is 10.3 Å². The second-order valence-electron chi connectivity index (χ2n) is 4.54. The molecule has 1 aromatic heterocycles. The van der Waals surface area contributed by atoms with Gasteiger partial charge >= 0.3 is 0 Å². The Bertz CT molecular complexity index is 400. The van der Waals surface area contributed by atoms with Gasteiger partial charge in [-0.15, -0.1) is 0 Å². The lowest BCUT2D eigenvalue weighted by molar-refractivity contribution is 0.0820. The summed E-state index contributed by atoms with van der Waals surface area (Å²) in [4.78, 5) is 14.8. The number of aromatic amines is 1. The second kappa shape index (κ2) is 4.22. The van der Waals surface area contributed by atoms with Crippen molar-refractivity contribution in [3.8, 4) is 0 Å². The molecular weight excluding hydrogens is 272 g/mol. The van der Waals surface area contributed by atoms with Gasteiger partial charge in [-0.3, -0.25) is 4.79 Å². The number of H-pyrrole nitrogens is 1. The lowest BCUT2D eigenvalue weighted by atomic mass is 9.97. The smallest absolute Gasteiger partial charge is 0.268 e. The van der Waals surface area contributed by atoms with E-state index in [0.29, 0.717) is 11.6 Å². The van der Waals surface area contributed by atoms with E-state index in [1.54, 1.807) is 12.3 Å². The van der Waals surface area contributed by atoms with E-state index in [1.807, 2.05) is 6.92 Å². The molecule has 2 rings (SSSR count). The van der Waals surface area contributed by atoms with Crippen LogP contribution < -0.4 is 5.32 Å². The highest BCUT2D eigenvalue weighted by Gasteiger charge is 2.42. The van der Waals surface area contributed by atoms with Gasteiger partial charge in [0, 0.05) is 10.7 Å². The molecule has 1 saturated carbocycles. The monoisotopic (exact) mass is 286 g/mol. The van der Waals surface area contributed by atoms with Crippen molar-refractivity contribution < 1.29 is 9.90 Å². The molecule has 4 nitrogen and oxygen atoms in total. The molecule has 0 spiro atoms. The van der Waals surface area contributed by atoms with Gasteiger partial charge in [0.05, 0.1) is 12.1 Å². The predicted molar refractivity (Wildman–Crippen MR) is 64.2 cm³/mol. The van der Waals surface area contributed by atoms with Crippen molar-refractivity contribution in [2.45, 2.75) is 25.3 Å². The van der Waals surface area contributed by atoms with Gasteiger partial charge in [0.2, 0.25) is 0 Å². The number of carbonyl (C=O) groups is 1. The van der Waals surface area contributed by atoms with Gasteiger partial charge in [-0.25, -0.2) is 0 Å². The van der Waals surface area contributed by atoms with Gasteiger partial charge in [0.15, 0.2) is 0 Å². The van der Waals surface area contributed by atoms with Crippen LogP contribution in [0.1, 0.15) is 30.3 Å². The summed E-state index contributed by atoms with van der Waals surface area (Å²) in [5.74, 6) is 0.231. The molecular formula is C11H15BrN2O2. The Morgan fingerprint density at radius 2 is 2.44 bits per heavy atom. The molecule has 0 radical (unpaired) electrons. The first-order valence-corrected chi connectivity index (χ1v) is 6.12. The van der Waals surface area contributed by atoms with Gasteiger partial charge < -0.3 is 15.4 Å². The van der Waals surface area contributed by atoms with E-state index in [1.165, 1.54) is 0 Å². The summed E-state index contributed by atoms with van der Waals surface area (Å²) in [5.41, 5.74) is 0.0153. The molecule has 0 bridgehead atoms. The Balaban J connectivity index is 2.06. The zero-order valence-corrected chi connectivity index (χ0v) is 10.7. The summed E-state index contributed by atoms with van der Waals surface area (Å²) in [6.07, 6.45) is 3.86. The van der Waals surface area contributed by atoms with Crippen LogP contribution in [0.15, 0.2) is 16.7 Å². The van der Waals surface area contributed by atoms with Crippen LogP contribution in [0.2, 0.25) is 0 Å². The molecule has 1 heterocycles. The van der Waals surface area contributed by atoms with Gasteiger partial charge in [-0.1, -0.05) is 0 Å². The van der Waals surface area contributed by atoms with Crippen LogP contribution in [0, 0.1) is 5.92 Å². The van der Waals surface area contributed by atoms with Gasteiger partial charge in [-0.2, -0.15) is 0 Å².